The van der Waals surface area contributed by atoms with Crippen LogP contribution in [0.1, 0.15) is 0 Å². The number of nitrogens with zero attached hydrogens (tertiary/aromatic N) is 1. The Bertz CT molecular complexity index is 152. The first-order chi connectivity index (χ1) is 4.61. The van der Waals surface area contributed by atoms with Gasteiger partial charge in [0.1, 0.15) is 5.04 Å². The van der Waals surface area contributed by atoms with E-state index in [2.05, 4.69) is 10.3 Å². The highest BCUT2D eigenvalue weighted by molar-refractivity contribution is 8.36. The van der Waals surface area contributed by atoms with E-state index in [0.29, 0.717) is 18.1 Å². The van der Waals surface area contributed by atoms with Crippen molar-refractivity contribution in [3.05, 3.63) is 0 Å². The van der Waals surface area contributed by atoms with Crippen molar-refractivity contribution in [1.29, 1.82) is 0 Å². The molecule has 0 amide bonds. The Morgan fingerprint density at radius 2 is 2.30 bits per heavy atom. The molecule has 60 valence electrons. The third-order valence-electron chi connectivity index (χ3n) is 1.30. The molecule has 0 fully saturated rings. The van der Waals surface area contributed by atoms with E-state index in [9.17, 15) is 0 Å². The Hall–Kier alpha value is -0.100. The first kappa shape index (κ1) is 8.00. The van der Waals surface area contributed by atoms with Crippen molar-refractivity contribution in [3.8, 4) is 0 Å². The second kappa shape index (κ2) is 2.87. The smallest absolute Gasteiger partial charge is 0.131 e. The maximum atomic E-state index is 9.11. The monoisotopic (exact) mass is 164 g/mol. The summed E-state index contributed by atoms with van der Waals surface area (Å²) in [7, 11) is -2.54. The molecular formula is C5H12N2O2S. The van der Waals surface area contributed by atoms with Crippen LogP contribution < -0.4 is 5.32 Å². The molecule has 1 rings (SSSR count). The minimum Gasteiger partial charge on any atom is -0.308 e. The maximum absolute atomic E-state index is 9.11. The topological polar surface area (TPSA) is 64.8 Å². The molecule has 5 heteroatoms. The number of aliphatic imine (C=N–C) groups is 1. The molecule has 0 aromatic carbocycles. The Kier molecular flexibility index (Phi) is 2.30. The largest absolute Gasteiger partial charge is 0.308 e. The summed E-state index contributed by atoms with van der Waals surface area (Å²) < 4.78 is 18.2. The molecule has 0 aliphatic carbocycles. The summed E-state index contributed by atoms with van der Waals surface area (Å²) in [6.07, 6.45) is 1.40. The van der Waals surface area contributed by atoms with Crippen LogP contribution in [0.5, 0.6) is 0 Å². The van der Waals surface area contributed by atoms with Gasteiger partial charge in [-0.25, -0.2) is 0 Å². The van der Waals surface area contributed by atoms with Crippen molar-refractivity contribution in [2.75, 3.05) is 25.9 Å². The highest BCUT2D eigenvalue weighted by atomic mass is 32.3. The van der Waals surface area contributed by atoms with E-state index in [1.165, 1.54) is 6.26 Å². The quantitative estimate of drug-likeness (QED) is 0.484. The van der Waals surface area contributed by atoms with Gasteiger partial charge in [-0.15, -0.1) is 0 Å². The van der Waals surface area contributed by atoms with Crippen molar-refractivity contribution in [3.63, 3.8) is 0 Å². The van der Waals surface area contributed by atoms with Crippen LogP contribution in [0.4, 0.5) is 0 Å². The van der Waals surface area contributed by atoms with E-state index in [1.54, 1.807) is 0 Å². The minimum absolute atomic E-state index is 0.499. The van der Waals surface area contributed by atoms with Crippen LogP contribution in [0.2, 0.25) is 0 Å². The highest BCUT2D eigenvalue weighted by Crippen LogP contribution is 2.35. The lowest BCUT2D eigenvalue weighted by atomic mass is 10.5. The van der Waals surface area contributed by atoms with E-state index < -0.39 is 10.6 Å². The molecule has 1 heterocycles. The first-order valence-electron chi connectivity index (χ1n) is 3.08. The average Bonchev–Trinajstić information content (AvgIpc) is 1.88. The van der Waals surface area contributed by atoms with Gasteiger partial charge < -0.3 is 5.32 Å². The standard InChI is InChI=1S/C5H12N2O2S/c1-10(8,9)5-4-6-2-3-7-5/h6,8-9H,2-4H2,1H3. The summed E-state index contributed by atoms with van der Waals surface area (Å²) >= 11 is 0. The second-order valence-corrected chi connectivity index (χ2v) is 4.42. The zero-order chi connectivity index (χ0) is 7.61. The molecule has 0 bridgehead atoms. The predicted molar refractivity (Wildman–Crippen MR) is 43.9 cm³/mol. The van der Waals surface area contributed by atoms with E-state index in [4.69, 9.17) is 9.11 Å². The molecule has 0 atom stereocenters. The number of hydrogen-bond acceptors (Lipinski definition) is 4. The molecular weight excluding hydrogens is 152 g/mol. The van der Waals surface area contributed by atoms with Gasteiger partial charge in [0.2, 0.25) is 0 Å². The lowest BCUT2D eigenvalue weighted by Gasteiger charge is -2.30. The molecule has 0 saturated carbocycles. The Morgan fingerprint density at radius 1 is 1.60 bits per heavy atom. The van der Waals surface area contributed by atoms with Gasteiger partial charge in [0.05, 0.1) is 13.1 Å². The Morgan fingerprint density at radius 3 is 2.60 bits per heavy atom. The fraction of sp³-hybridized carbons (Fsp3) is 0.800. The van der Waals surface area contributed by atoms with Gasteiger partial charge in [-0.1, -0.05) is 0 Å². The lowest BCUT2D eigenvalue weighted by molar-refractivity contribution is 0.509. The van der Waals surface area contributed by atoms with E-state index in [0.717, 1.165) is 6.54 Å². The molecule has 0 radical (unpaired) electrons. The van der Waals surface area contributed by atoms with Crippen LogP contribution in [-0.4, -0.2) is 40.0 Å². The molecule has 4 nitrogen and oxygen atoms in total. The lowest BCUT2D eigenvalue weighted by Crippen LogP contribution is -2.33. The molecule has 3 N–H and O–H groups in total. The molecule has 0 saturated heterocycles. The van der Waals surface area contributed by atoms with Crippen molar-refractivity contribution in [2.24, 2.45) is 4.99 Å². The van der Waals surface area contributed by atoms with Crippen molar-refractivity contribution in [2.45, 2.75) is 0 Å². The molecule has 1 aliphatic rings. The van der Waals surface area contributed by atoms with Gasteiger partial charge in [0.25, 0.3) is 0 Å². The van der Waals surface area contributed by atoms with Gasteiger partial charge in [-0.05, 0) is 0 Å². The molecule has 0 unspecified atom stereocenters. The summed E-state index contributed by atoms with van der Waals surface area (Å²) in [4.78, 5) is 3.99. The summed E-state index contributed by atoms with van der Waals surface area (Å²) in [6, 6.07) is 0. The minimum atomic E-state index is -2.54. The zero-order valence-corrected chi connectivity index (χ0v) is 6.69. The van der Waals surface area contributed by atoms with Gasteiger partial charge in [-0.3, -0.25) is 14.1 Å². The van der Waals surface area contributed by atoms with Crippen LogP contribution in [-0.2, 0) is 0 Å². The second-order valence-electron chi connectivity index (χ2n) is 2.29. The van der Waals surface area contributed by atoms with Crippen molar-refractivity contribution < 1.29 is 9.11 Å². The molecule has 10 heavy (non-hydrogen) atoms. The summed E-state index contributed by atoms with van der Waals surface area (Å²) in [5.74, 6) is 0. The first-order valence-corrected chi connectivity index (χ1v) is 5.03. The van der Waals surface area contributed by atoms with Crippen LogP contribution in [0.3, 0.4) is 0 Å². The van der Waals surface area contributed by atoms with Crippen LogP contribution in [0.25, 0.3) is 0 Å². The van der Waals surface area contributed by atoms with Gasteiger partial charge in [-0.2, -0.15) is 10.6 Å². The van der Waals surface area contributed by atoms with E-state index >= 15 is 0 Å². The number of nitrogens with one attached hydrogen (secondary N) is 1. The fourth-order valence-electron chi connectivity index (χ4n) is 0.770. The normalized spacial score (nSPS) is 22.1. The number of rotatable bonds is 0. The van der Waals surface area contributed by atoms with Gasteiger partial charge in [0.15, 0.2) is 0 Å². The Labute approximate surface area is 61.7 Å². The fourth-order valence-corrected chi connectivity index (χ4v) is 1.48. The maximum Gasteiger partial charge on any atom is 0.131 e. The Balaban J connectivity index is 2.62. The van der Waals surface area contributed by atoms with Crippen LogP contribution >= 0.6 is 10.6 Å². The van der Waals surface area contributed by atoms with Crippen LogP contribution in [0, 0.1) is 0 Å². The van der Waals surface area contributed by atoms with Crippen molar-refractivity contribution in [1.82, 2.24) is 5.32 Å². The predicted octanol–water partition coefficient (Wildman–Crippen LogP) is 0.369. The van der Waals surface area contributed by atoms with E-state index in [1.807, 2.05) is 0 Å². The third-order valence-corrected chi connectivity index (χ3v) is 2.47. The summed E-state index contributed by atoms with van der Waals surface area (Å²) in [6.45, 7) is 2.00. The third kappa shape index (κ3) is 1.95. The summed E-state index contributed by atoms with van der Waals surface area (Å²) in [5.41, 5.74) is 0. The number of hydrogen-bond donors (Lipinski definition) is 3. The molecule has 1 aliphatic heterocycles. The average molecular weight is 164 g/mol. The van der Waals surface area contributed by atoms with Gasteiger partial charge in [0, 0.05) is 12.8 Å². The highest BCUT2D eigenvalue weighted by Gasteiger charge is 2.15. The van der Waals surface area contributed by atoms with Crippen molar-refractivity contribution >= 4 is 15.6 Å². The van der Waals surface area contributed by atoms with E-state index in [-0.39, 0.29) is 0 Å². The zero-order valence-electron chi connectivity index (χ0n) is 5.87. The molecule has 0 spiro atoms. The molecule has 0 aromatic heterocycles. The molecule has 0 aromatic rings. The SMILES string of the molecule is CS(O)(O)C1=NCCNC1. The van der Waals surface area contributed by atoms with Gasteiger partial charge >= 0.3 is 0 Å². The summed E-state index contributed by atoms with van der Waals surface area (Å²) in [5, 5.41) is 3.51. The van der Waals surface area contributed by atoms with Crippen LogP contribution in [0.15, 0.2) is 4.99 Å².